The van der Waals surface area contributed by atoms with E-state index in [1.54, 1.807) is 11.3 Å². The van der Waals surface area contributed by atoms with Crippen molar-refractivity contribution in [3.63, 3.8) is 0 Å². The molecule has 0 spiro atoms. The van der Waals surface area contributed by atoms with Crippen LogP contribution in [0.4, 0.5) is 0 Å². The molecule has 3 N–H and O–H groups in total. The summed E-state index contributed by atoms with van der Waals surface area (Å²) >= 11 is 1.74. The van der Waals surface area contributed by atoms with Crippen molar-refractivity contribution < 1.29 is 0 Å². The third-order valence-electron chi connectivity index (χ3n) is 7.50. The summed E-state index contributed by atoms with van der Waals surface area (Å²) in [6.45, 7) is 1.95. The lowest BCUT2D eigenvalue weighted by Crippen LogP contribution is -2.20. The summed E-state index contributed by atoms with van der Waals surface area (Å²) in [6.07, 6.45) is 11.3. The quantitative estimate of drug-likeness (QED) is 0.215. The van der Waals surface area contributed by atoms with Crippen LogP contribution in [0.2, 0.25) is 0 Å². The first kappa shape index (κ1) is 22.4. The molecule has 0 bridgehead atoms. The van der Waals surface area contributed by atoms with Crippen molar-refractivity contribution >= 4 is 33.3 Å². The molecule has 0 unspecified atom stereocenters. The highest BCUT2D eigenvalue weighted by Gasteiger charge is 2.16. The molecule has 0 radical (unpaired) electrons. The van der Waals surface area contributed by atoms with Crippen molar-refractivity contribution in [3.8, 4) is 33.0 Å². The molecule has 0 amide bonds. The Morgan fingerprint density at radius 1 is 0.973 bits per heavy atom. The molecule has 1 saturated carbocycles. The van der Waals surface area contributed by atoms with E-state index in [0.717, 1.165) is 63.5 Å². The zero-order chi connectivity index (χ0) is 24.6. The normalized spacial score (nSPS) is 14.3. The van der Waals surface area contributed by atoms with Crippen molar-refractivity contribution in [1.82, 2.24) is 30.5 Å². The van der Waals surface area contributed by atoms with Gasteiger partial charge in [-0.05, 0) is 78.2 Å². The predicted octanol–water partition coefficient (Wildman–Crippen LogP) is 7.18. The van der Waals surface area contributed by atoms with E-state index in [1.165, 1.54) is 41.7 Å². The number of H-pyrrole nitrogens is 2. The molecule has 6 nitrogen and oxygen atoms in total. The fourth-order valence-corrected chi connectivity index (χ4v) is 6.34. The van der Waals surface area contributed by atoms with E-state index in [-0.39, 0.29) is 0 Å². The first-order chi connectivity index (χ1) is 18.3. The zero-order valence-electron chi connectivity index (χ0n) is 20.5. The average Bonchev–Trinajstić information content (AvgIpc) is 3.74. The Morgan fingerprint density at radius 3 is 2.81 bits per heavy atom. The van der Waals surface area contributed by atoms with E-state index in [4.69, 9.17) is 0 Å². The Kier molecular flexibility index (Phi) is 5.79. The lowest BCUT2D eigenvalue weighted by Gasteiger charge is -2.11. The number of aromatic amines is 2. The van der Waals surface area contributed by atoms with Crippen LogP contribution in [0.1, 0.15) is 31.2 Å². The van der Waals surface area contributed by atoms with Gasteiger partial charge in [0.25, 0.3) is 0 Å². The van der Waals surface area contributed by atoms with Gasteiger partial charge in [0.05, 0.1) is 11.2 Å². The average molecular weight is 505 g/mol. The lowest BCUT2D eigenvalue weighted by atomic mass is 10.0. The maximum atomic E-state index is 4.68. The number of pyridine rings is 2. The fourth-order valence-electron chi connectivity index (χ4n) is 5.58. The smallest absolute Gasteiger partial charge is 0.138 e. The highest BCUT2D eigenvalue weighted by Crippen LogP contribution is 2.36. The third kappa shape index (κ3) is 4.34. The molecule has 37 heavy (non-hydrogen) atoms. The molecule has 0 aliphatic heterocycles. The minimum atomic E-state index is 0.833. The Balaban J connectivity index is 1.20. The number of nitrogens with zero attached hydrogens (tertiary/aromatic N) is 3. The molecule has 7 rings (SSSR count). The van der Waals surface area contributed by atoms with Crippen molar-refractivity contribution in [2.75, 3.05) is 6.54 Å². The van der Waals surface area contributed by atoms with Crippen LogP contribution in [0.15, 0.2) is 72.5 Å². The van der Waals surface area contributed by atoms with Crippen LogP contribution < -0.4 is 5.32 Å². The van der Waals surface area contributed by atoms with Crippen molar-refractivity contribution in [2.45, 2.75) is 32.2 Å². The Hall–Kier alpha value is -3.81. The van der Waals surface area contributed by atoms with E-state index in [0.29, 0.717) is 0 Å². The summed E-state index contributed by atoms with van der Waals surface area (Å²) in [6, 6.07) is 17.2. The Bertz CT molecular complexity index is 1670. The molecular weight excluding hydrogens is 476 g/mol. The van der Waals surface area contributed by atoms with Gasteiger partial charge in [0.1, 0.15) is 11.3 Å². The van der Waals surface area contributed by atoms with E-state index < -0.39 is 0 Å². The number of hydrogen-bond acceptors (Lipinski definition) is 5. The summed E-state index contributed by atoms with van der Waals surface area (Å²) in [7, 11) is 0. The van der Waals surface area contributed by atoms with Crippen LogP contribution in [0, 0.1) is 5.92 Å². The van der Waals surface area contributed by atoms with Crippen LogP contribution in [0.5, 0.6) is 0 Å². The van der Waals surface area contributed by atoms with Gasteiger partial charge in [-0.2, -0.15) is 5.10 Å². The molecule has 0 saturated heterocycles. The summed E-state index contributed by atoms with van der Waals surface area (Å²) in [5, 5.41) is 15.8. The second-order valence-corrected chi connectivity index (χ2v) is 10.9. The van der Waals surface area contributed by atoms with Crippen LogP contribution in [0.3, 0.4) is 0 Å². The second-order valence-electron chi connectivity index (χ2n) is 9.98. The first-order valence-corrected chi connectivity index (χ1v) is 13.8. The number of aromatic nitrogens is 5. The number of rotatable bonds is 7. The highest BCUT2D eigenvalue weighted by molar-refractivity contribution is 7.13. The van der Waals surface area contributed by atoms with Gasteiger partial charge in [0.15, 0.2) is 0 Å². The molecule has 1 aromatic carbocycles. The summed E-state index contributed by atoms with van der Waals surface area (Å²) in [5.41, 5.74) is 8.38. The van der Waals surface area contributed by atoms with Crippen molar-refractivity contribution in [2.24, 2.45) is 5.92 Å². The van der Waals surface area contributed by atoms with Gasteiger partial charge >= 0.3 is 0 Å². The van der Waals surface area contributed by atoms with Gasteiger partial charge in [0, 0.05) is 51.9 Å². The molecule has 6 aromatic rings. The summed E-state index contributed by atoms with van der Waals surface area (Å²) in [5.74, 6) is 0.833. The van der Waals surface area contributed by atoms with Crippen LogP contribution in [-0.2, 0) is 6.54 Å². The van der Waals surface area contributed by atoms with Crippen molar-refractivity contribution in [3.05, 3.63) is 78.1 Å². The molecule has 184 valence electrons. The monoisotopic (exact) mass is 504 g/mol. The van der Waals surface area contributed by atoms with Crippen LogP contribution >= 0.6 is 11.3 Å². The van der Waals surface area contributed by atoms with Crippen molar-refractivity contribution in [1.29, 1.82) is 0 Å². The molecule has 5 heterocycles. The molecular formula is C30H28N6S. The maximum absolute atomic E-state index is 4.68. The van der Waals surface area contributed by atoms with Gasteiger partial charge in [-0.15, -0.1) is 11.3 Å². The maximum Gasteiger partial charge on any atom is 0.138 e. The zero-order valence-corrected chi connectivity index (χ0v) is 21.3. The minimum absolute atomic E-state index is 0.833. The third-order valence-corrected chi connectivity index (χ3v) is 8.40. The van der Waals surface area contributed by atoms with Crippen LogP contribution in [-0.4, -0.2) is 31.7 Å². The number of benzene rings is 1. The van der Waals surface area contributed by atoms with Gasteiger partial charge in [0.2, 0.25) is 0 Å². The molecule has 1 aliphatic rings. The second kappa shape index (κ2) is 9.57. The van der Waals surface area contributed by atoms with Crippen LogP contribution in [0.25, 0.3) is 54.9 Å². The molecule has 0 atom stereocenters. The van der Waals surface area contributed by atoms with Gasteiger partial charge in [-0.1, -0.05) is 25.0 Å². The first-order valence-electron chi connectivity index (χ1n) is 13.0. The Labute approximate surface area is 219 Å². The molecule has 1 aliphatic carbocycles. The number of fused-ring (bicyclic) bond motifs is 2. The van der Waals surface area contributed by atoms with E-state index >= 15 is 0 Å². The fraction of sp³-hybridized carbons (Fsp3) is 0.233. The molecule has 7 heteroatoms. The topological polar surface area (TPSA) is 82.3 Å². The van der Waals surface area contributed by atoms with E-state index in [9.17, 15) is 0 Å². The number of hydrogen-bond donors (Lipinski definition) is 3. The van der Waals surface area contributed by atoms with E-state index in [1.807, 2.05) is 18.6 Å². The standard InChI is InChI=1S/C30H28N6S/c1-2-5-19(4-1)15-31-16-20-12-22(18-32-17-20)21-7-8-26-25(13-21)29(36-35-26)27-14-24-23(28-6-3-11-37-28)9-10-33-30(24)34-27/h3,6-14,17-19,31H,1-2,4-5,15-16H2,(H,33,34)(H,35,36). The number of thiophene rings is 1. The SMILES string of the molecule is c1csc(-c2ccnc3[nH]c(-c4n[nH]c5ccc(-c6cncc(CNCC7CCCC7)c6)cc45)cc23)c1. The highest BCUT2D eigenvalue weighted by atomic mass is 32.1. The van der Waals surface area contributed by atoms with Gasteiger partial charge < -0.3 is 10.3 Å². The lowest BCUT2D eigenvalue weighted by molar-refractivity contribution is 0.489. The number of nitrogens with one attached hydrogen (secondary N) is 3. The van der Waals surface area contributed by atoms with E-state index in [2.05, 4.69) is 84.4 Å². The summed E-state index contributed by atoms with van der Waals surface area (Å²) in [4.78, 5) is 13.9. The summed E-state index contributed by atoms with van der Waals surface area (Å²) < 4.78 is 0. The van der Waals surface area contributed by atoms with Gasteiger partial charge in [-0.3, -0.25) is 10.1 Å². The minimum Gasteiger partial charge on any atom is -0.338 e. The Morgan fingerprint density at radius 2 is 1.92 bits per heavy atom. The molecule has 5 aromatic heterocycles. The largest absolute Gasteiger partial charge is 0.338 e. The molecule has 1 fully saturated rings. The predicted molar refractivity (Wildman–Crippen MR) is 151 cm³/mol. The van der Waals surface area contributed by atoms with Gasteiger partial charge in [-0.25, -0.2) is 4.98 Å².